The third kappa shape index (κ3) is 5.69. The third-order valence-corrected chi connectivity index (χ3v) is 4.15. The zero-order valence-corrected chi connectivity index (χ0v) is 15.5. The second-order valence-corrected chi connectivity index (χ2v) is 7.63. The topological polar surface area (TPSA) is 72.5 Å². The second kappa shape index (κ2) is 7.81. The van der Waals surface area contributed by atoms with Crippen molar-refractivity contribution < 1.29 is 19.1 Å². The van der Waals surface area contributed by atoms with Gasteiger partial charge in [0.2, 0.25) is 0 Å². The van der Waals surface area contributed by atoms with Gasteiger partial charge in [-0.3, -0.25) is 14.4 Å². The summed E-state index contributed by atoms with van der Waals surface area (Å²) in [5.74, 6) is -0.949. The molecule has 1 aliphatic rings. The Hall–Kier alpha value is -2.17. The first-order chi connectivity index (χ1) is 11.7. The molecule has 5 nitrogen and oxygen atoms in total. The Balaban J connectivity index is 1.81. The molecule has 0 heterocycles. The highest BCUT2D eigenvalue weighted by atomic mass is 16.5. The van der Waals surface area contributed by atoms with E-state index in [1.807, 2.05) is 39.0 Å². The Kier molecular flexibility index (Phi) is 5.98. The van der Waals surface area contributed by atoms with Gasteiger partial charge in [-0.25, -0.2) is 0 Å². The van der Waals surface area contributed by atoms with Crippen LogP contribution in [0.1, 0.15) is 68.4 Å². The first kappa shape index (κ1) is 19.2. The lowest BCUT2D eigenvalue weighted by Gasteiger charge is -2.23. The van der Waals surface area contributed by atoms with Crippen molar-refractivity contribution >= 4 is 17.7 Å². The standard InChI is InChI=1S/C20H27NO4/c1-13(19(24)21-20(2,3)4)25-18(23)11-10-17(22)16-9-8-14-6-5-7-15(14)12-16/h8-9,12-13H,5-7,10-11H2,1-4H3,(H,21,24). The summed E-state index contributed by atoms with van der Waals surface area (Å²) in [6.07, 6.45) is 2.41. The van der Waals surface area contributed by atoms with Crippen molar-refractivity contribution in [2.24, 2.45) is 0 Å². The Morgan fingerprint density at radius 1 is 1.12 bits per heavy atom. The molecule has 0 saturated carbocycles. The van der Waals surface area contributed by atoms with Crippen molar-refractivity contribution in [3.8, 4) is 0 Å². The number of hydrogen-bond donors (Lipinski definition) is 1. The monoisotopic (exact) mass is 345 g/mol. The summed E-state index contributed by atoms with van der Waals surface area (Å²) in [6, 6.07) is 5.78. The minimum absolute atomic E-state index is 0.0247. The molecule has 2 rings (SSSR count). The number of esters is 1. The molecule has 0 saturated heterocycles. The molecule has 1 aromatic carbocycles. The van der Waals surface area contributed by atoms with Gasteiger partial charge in [-0.2, -0.15) is 0 Å². The highest BCUT2D eigenvalue weighted by molar-refractivity contribution is 5.98. The second-order valence-electron chi connectivity index (χ2n) is 7.63. The van der Waals surface area contributed by atoms with Crippen LogP contribution < -0.4 is 5.32 Å². The van der Waals surface area contributed by atoms with Crippen molar-refractivity contribution in [2.45, 2.75) is 71.4 Å². The van der Waals surface area contributed by atoms with Gasteiger partial charge in [0.15, 0.2) is 11.9 Å². The minimum atomic E-state index is -0.873. The van der Waals surface area contributed by atoms with E-state index in [1.54, 1.807) is 0 Å². The molecular weight excluding hydrogens is 318 g/mol. The highest BCUT2D eigenvalue weighted by Crippen LogP contribution is 2.23. The lowest BCUT2D eigenvalue weighted by atomic mass is 10.0. The maximum atomic E-state index is 12.3. The fraction of sp³-hybridized carbons (Fsp3) is 0.550. The lowest BCUT2D eigenvalue weighted by Crippen LogP contribution is -2.46. The molecular formula is C20H27NO4. The van der Waals surface area contributed by atoms with Crippen molar-refractivity contribution in [1.82, 2.24) is 5.32 Å². The molecule has 25 heavy (non-hydrogen) atoms. The van der Waals surface area contributed by atoms with Crippen LogP contribution in [0.4, 0.5) is 0 Å². The molecule has 1 aromatic rings. The summed E-state index contributed by atoms with van der Waals surface area (Å²) in [4.78, 5) is 36.1. The molecule has 1 N–H and O–H groups in total. The lowest BCUT2D eigenvalue weighted by molar-refractivity contribution is -0.155. The normalized spacial score (nSPS) is 14.6. The zero-order chi connectivity index (χ0) is 18.6. The molecule has 1 unspecified atom stereocenters. The number of fused-ring (bicyclic) bond motifs is 1. The van der Waals surface area contributed by atoms with E-state index in [4.69, 9.17) is 4.74 Å². The van der Waals surface area contributed by atoms with E-state index in [1.165, 1.54) is 18.1 Å². The van der Waals surface area contributed by atoms with Crippen LogP contribution >= 0.6 is 0 Å². The first-order valence-electron chi connectivity index (χ1n) is 8.82. The van der Waals surface area contributed by atoms with Crippen LogP contribution in [0.5, 0.6) is 0 Å². The van der Waals surface area contributed by atoms with Gasteiger partial charge in [-0.15, -0.1) is 0 Å². The molecule has 1 aliphatic carbocycles. The molecule has 0 spiro atoms. The number of ketones is 1. The summed E-state index contributed by atoms with van der Waals surface area (Å²) >= 11 is 0. The predicted molar refractivity (Wildman–Crippen MR) is 95.5 cm³/mol. The summed E-state index contributed by atoms with van der Waals surface area (Å²) in [5.41, 5.74) is 2.81. The van der Waals surface area contributed by atoms with Gasteiger partial charge in [-0.1, -0.05) is 12.1 Å². The summed E-state index contributed by atoms with van der Waals surface area (Å²) in [5, 5.41) is 2.76. The fourth-order valence-electron chi connectivity index (χ4n) is 2.89. The third-order valence-electron chi connectivity index (χ3n) is 4.15. The quantitative estimate of drug-likeness (QED) is 0.635. The molecule has 1 amide bonds. The van der Waals surface area contributed by atoms with Crippen molar-refractivity contribution in [1.29, 1.82) is 0 Å². The maximum absolute atomic E-state index is 12.3. The number of Topliss-reactive ketones (excluding diaryl/α,β-unsaturated/α-hetero) is 1. The van der Waals surface area contributed by atoms with Crippen LogP contribution in [-0.4, -0.2) is 29.3 Å². The molecule has 0 bridgehead atoms. The van der Waals surface area contributed by atoms with E-state index in [0.717, 1.165) is 19.3 Å². The zero-order valence-electron chi connectivity index (χ0n) is 15.5. The van der Waals surface area contributed by atoms with E-state index in [2.05, 4.69) is 5.32 Å². The molecule has 136 valence electrons. The van der Waals surface area contributed by atoms with Gasteiger partial charge < -0.3 is 10.1 Å². The fourth-order valence-corrected chi connectivity index (χ4v) is 2.89. The number of nitrogens with one attached hydrogen (secondary N) is 1. The summed E-state index contributed by atoms with van der Waals surface area (Å²) in [7, 11) is 0. The number of amides is 1. The number of carbonyl (C=O) groups is 3. The van der Waals surface area contributed by atoms with Crippen LogP contribution in [-0.2, 0) is 27.2 Å². The summed E-state index contributed by atoms with van der Waals surface area (Å²) in [6.45, 7) is 7.10. The Labute approximate surface area is 149 Å². The average molecular weight is 345 g/mol. The number of benzene rings is 1. The van der Waals surface area contributed by atoms with Gasteiger partial charge >= 0.3 is 5.97 Å². The maximum Gasteiger partial charge on any atom is 0.307 e. The van der Waals surface area contributed by atoms with Crippen molar-refractivity contribution in [3.05, 3.63) is 34.9 Å². The first-order valence-corrected chi connectivity index (χ1v) is 8.82. The minimum Gasteiger partial charge on any atom is -0.453 e. The van der Waals surface area contributed by atoms with E-state index in [-0.39, 0.29) is 30.1 Å². The summed E-state index contributed by atoms with van der Waals surface area (Å²) < 4.78 is 5.12. The Morgan fingerprint density at radius 2 is 1.80 bits per heavy atom. The number of aryl methyl sites for hydroxylation is 2. The number of rotatable bonds is 6. The molecule has 5 heteroatoms. The molecule has 1 atom stereocenters. The van der Waals surface area contributed by atoms with E-state index in [9.17, 15) is 14.4 Å². The predicted octanol–water partition coefficient (Wildman–Crippen LogP) is 2.98. The van der Waals surface area contributed by atoms with Gasteiger partial charge in [0.05, 0.1) is 6.42 Å². The Bertz CT molecular complexity index is 673. The van der Waals surface area contributed by atoms with E-state index < -0.39 is 12.1 Å². The van der Waals surface area contributed by atoms with E-state index in [0.29, 0.717) is 5.56 Å². The van der Waals surface area contributed by atoms with Gasteiger partial charge in [0.1, 0.15) is 0 Å². The molecule has 0 fully saturated rings. The van der Waals surface area contributed by atoms with Crippen LogP contribution in [0.2, 0.25) is 0 Å². The van der Waals surface area contributed by atoms with Crippen LogP contribution in [0, 0.1) is 0 Å². The number of ether oxygens (including phenoxy) is 1. The Morgan fingerprint density at radius 3 is 2.48 bits per heavy atom. The number of hydrogen-bond acceptors (Lipinski definition) is 4. The average Bonchev–Trinajstić information content (AvgIpc) is 2.98. The van der Waals surface area contributed by atoms with Gasteiger partial charge in [0.25, 0.3) is 5.91 Å². The number of carbonyl (C=O) groups excluding carboxylic acids is 3. The smallest absolute Gasteiger partial charge is 0.307 e. The highest BCUT2D eigenvalue weighted by Gasteiger charge is 2.23. The van der Waals surface area contributed by atoms with Gasteiger partial charge in [-0.05, 0) is 64.2 Å². The SMILES string of the molecule is CC(OC(=O)CCC(=O)c1ccc2c(c1)CCC2)C(=O)NC(C)(C)C. The van der Waals surface area contributed by atoms with Crippen molar-refractivity contribution in [3.63, 3.8) is 0 Å². The molecule has 0 radical (unpaired) electrons. The molecule has 0 aliphatic heterocycles. The van der Waals surface area contributed by atoms with Crippen LogP contribution in [0.15, 0.2) is 18.2 Å². The largest absolute Gasteiger partial charge is 0.453 e. The van der Waals surface area contributed by atoms with Crippen molar-refractivity contribution in [2.75, 3.05) is 0 Å². The molecule has 0 aromatic heterocycles. The van der Waals surface area contributed by atoms with Gasteiger partial charge in [0, 0.05) is 17.5 Å². The van der Waals surface area contributed by atoms with E-state index >= 15 is 0 Å². The van der Waals surface area contributed by atoms with Crippen LogP contribution in [0.25, 0.3) is 0 Å². The van der Waals surface area contributed by atoms with Crippen LogP contribution in [0.3, 0.4) is 0 Å².